The maximum atomic E-state index is 6.74. The number of furan rings is 1. The normalized spacial score (nSPS) is 31.0. The summed E-state index contributed by atoms with van der Waals surface area (Å²) in [4.78, 5) is 0. The topological polar surface area (TPSA) is 13.1 Å². The number of hydrogen-bond acceptors (Lipinski definition) is 1. The Kier molecular flexibility index (Phi) is 5.97. The van der Waals surface area contributed by atoms with Gasteiger partial charge in [0.05, 0.1) is 0 Å². The molecule has 6 aromatic rings. The Morgan fingerprint density at radius 3 is 1.91 bits per heavy atom. The maximum Gasteiger partial charge on any atom is 0.143 e. The van der Waals surface area contributed by atoms with Gasteiger partial charge in [-0.3, -0.25) is 0 Å². The van der Waals surface area contributed by atoms with E-state index in [0.717, 1.165) is 58.5 Å². The highest BCUT2D eigenvalue weighted by Crippen LogP contribution is 2.68. The van der Waals surface area contributed by atoms with Crippen molar-refractivity contribution in [3.05, 3.63) is 108 Å². The second-order valence-corrected chi connectivity index (χ2v) is 16.0. The number of benzene rings is 5. The van der Waals surface area contributed by atoms with Crippen molar-refractivity contribution in [2.45, 2.75) is 76.0 Å². The highest BCUT2D eigenvalue weighted by Gasteiger charge is 2.58. The summed E-state index contributed by atoms with van der Waals surface area (Å²) >= 11 is 0. The summed E-state index contributed by atoms with van der Waals surface area (Å²) in [6.45, 7) is 0. The number of rotatable bonds is 2. The Morgan fingerprint density at radius 2 is 1.09 bits per heavy atom. The first kappa shape index (κ1) is 27.1. The summed E-state index contributed by atoms with van der Waals surface area (Å²) in [6, 6.07) is 36.7. The van der Waals surface area contributed by atoms with E-state index in [2.05, 4.69) is 97.1 Å². The quantitative estimate of drug-likeness (QED) is 0.190. The molecule has 4 saturated carbocycles. The van der Waals surface area contributed by atoms with Crippen LogP contribution in [0.3, 0.4) is 0 Å². The molecule has 8 unspecified atom stereocenters. The van der Waals surface area contributed by atoms with Gasteiger partial charge in [-0.1, -0.05) is 111 Å². The summed E-state index contributed by atoms with van der Waals surface area (Å²) in [5.41, 5.74) is 10.6. The molecule has 1 heteroatoms. The molecule has 5 aliphatic carbocycles. The zero-order chi connectivity index (χ0) is 30.6. The van der Waals surface area contributed by atoms with Gasteiger partial charge in [0.25, 0.3) is 0 Å². The standard InChI is InChI=1S/C46H44O/c1-2-12-31-27(9-1)21-24-41-40-20-6-15-32(46(40)47-45(31)41)30-11-5-10-28(25-30)29-22-23-35-38-18-7-16-36-33-13-3-4-14-34(33)37-17-8-19-39(42(35)26-29)44(37)43(36)38/h1-2,5-6,9-12,15,20-26,33-34,36-39,43-44H,3-4,7-8,13-14,16-19H2. The van der Waals surface area contributed by atoms with Crippen LogP contribution in [0.4, 0.5) is 0 Å². The lowest BCUT2D eigenvalue weighted by Crippen LogP contribution is -2.55. The minimum absolute atomic E-state index is 0.774. The van der Waals surface area contributed by atoms with E-state index in [0.29, 0.717) is 0 Å². The van der Waals surface area contributed by atoms with E-state index in [1.54, 1.807) is 11.1 Å². The van der Waals surface area contributed by atoms with Crippen LogP contribution in [0.1, 0.15) is 87.2 Å². The summed E-state index contributed by atoms with van der Waals surface area (Å²) < 4.78 is 6.74. The molecule has 8 atom stereocenters. The van der Waals surface area contributed by atoms with E-state index in [9.17, 15) is 0 Å². The van der Waals surface area contributed by atoms with Crippen molar-refractivity contribution < 1.29 is 4.42 Å². The first-order valence-electron chi connectivity index (χ1n) is 18.9. The molecule has 1 nitrogen and oxygen atoms in total. The highest BCUT2D eigenvalue weighted by molar-refractivity contribution is 6.17. The zero-order valence-corrected chi connectivity index (χ0v) is 27.3. The predicted octanol–water partition coefficient (Wildman–Crippen LogP) is 12.9. The fraction of sp³-hybridized carbons (Fsp3) is 0.391. The maximum absolute atomic E-state index is 6.74. The van der Waals surface area contributed by atoms with Gasteiger partial charge in [-0.05, 0) is 131 Å². The first-order chi connectivity index (χ1) is 23.3. The average molecular weight is 613 g/mol. The lowest BCUT2D eigenvalue weighted by atomic mass is 9.41. The van der Waals surface area contributed by atoms with Gasteiger partial charge in [-0.25, -0.2) is 0 Å². The SMILES string of the molecule is c1cc(-c2ccc3c(c2)C2CCCC4C5CCCCC5C5CCCC3C5C24)cc(-c2cccc3c2oc2c4ccccc4ccc32)c1. The first-order valence-corrected chi connectivity index (χ1v) is 18.9. The molecule has 5 aliphatic rings. The van der Waals surface area contributed by atoms with Crippen LogP contribution in [-0.2, 0) is 0 Å². The van der Waals surface area contributed by atoms with Crippen molar-refractivity contribution in [1.29, 1.82) is 0 Å². The van der Waals surface area contributed by atoms with Crippen LogP contribution in [0.2, 0.25) is 0 Å². The molecule has 0 spiro atoms. The van der Waals surface area contributed by atoms with Gasteiger partial charge in [0.1, 0.15) is 11.2 Å². The molecule has 5 aromatic carbocycles. The Balaban J connectivity index is 1.02. The second-order valence-electron chi connectivity index (χ2n) is 16.0. The molecule has 1 aromatic heterocycles. The molecule has 4 fully saturated rings. The molecule has 0 aliphatic heterocycles. The third-order valence-electron chi connectivity index (χ3n) is 14.2. The molecule has 0 bridgehead atoms. The molecular weight excluding hydrogens is 569 g/mol. The van der Waals surface area contributed by atoms with Gasteiger partial charge in [0.15, 0.2) is 0 Å². The molecule has 1 heterocycles. The summed E-state index contributed by atoms with van der Waals surface area (Å²) in [6.07, 6.45) is 14.8. The molecule has 0 N–H and O–H groups in total. The lowest BCUT2D eigenvalue weighted by Gasteiger charge is -2.63. The second kappa shape index (κ2) is 10.3. The van der Waals surface area contributed by atoms with Crippen LogP contribution in [0.25, 0.3) is 55.0 Å². The fourth-order valence-electron chi connectivity index (χ4n) is 12.6. The number of hydrogen-bond donors (Lipinski definition) is 0. The summed E-state index contributed by atoms with van der Waals surface area (Å²) in [5, 5.41) is 4.80. The van der Waals surface area contributed by atoms with Gasteiger partial charge in [0, 0.05) is 21.7 Å². The summed E-state index contributed by atoms with van der Waals surface area (Å²) in [5.74, 6) is 7.53. The molecule has 0 radical (unpaired) electrons. The predicted molar refractivity (Wildman–Crippen MR) is 195 cm³/mol. The van der Waals surface area contributed by atoms with Gasteiger partial charge in [-0.15, -0.1) is 0 Å². The minimum atomic E-state index is 0.774. The van der Waals surface area contributed by atoms with E-state index in [4.69, 9.17) is 4.42 Å². The van der Waals surface area contributed by atoms with E-state index in [-0.39, 0.29) is 0 Å². The van der Waals surface area contributed by atoms with E-state index >= 15 is 0 Å². The summed E-state index contributed by atoms with van der Waals surface area (Å²) in [7, 11) is 0. The van der Waals surface area contributed by atoms with Crippen LogP contribution in [0.15, 0.2) is 101 Å². The zero-order valence-electron chi connectivity index (χ0n) is 27.3. The number of para-hydroxylation sites is 1. The minimum Gasteiger partial charge on any atom is -0.455 e. The fourth-order valence-corrected chi connectivity index (χ4v) is 12.6. The van der Waals surface area contributed by atoms with Gasteiger partial charge >= 0.3 is 0 Å². The lowest BCUT2D eigenvalue weighted by molar-refractivity contribution is -0.101. The van der Waals surface area contributed by atoms with Crippen LogP contribution >= 0.6 is 0 Å². The van der Waals surface area contributed by atoms with Gasteiger partial charge in [-0.2, -0.15) is 0 Å². The molecular formula is C46H44O. The van der Waals surface area contributed by atoms with Crippen molar-refractivity contribution in [1.82, 2.24) is 0 Å². The molecule has 47 heavy (non-hydrogen) atoms. The van der Waals surface area contributed by atoms with E-state index in [1.807, 2.05) is 0 Å². The largest absolute Gasteiger partial charge is 0.455 e. The van der Waals surface area contributed by atoms with Crippen molar-refractivity contribution in [2.24, 2.45) is 35.5 Å². The Hall–Kier alpha value is -3.84. The third kappa shape index (κ3) is 3.89. The highest BCUT2D eigenvalue weighted by atomic mass is 16.3. The average Bonchev–Trinajstić information content (AvgIpc) is 3.54. The van der Waals surface area contributed by atoms with Crippen molar-refractivity contribution in [3.63, 3.8) is 0 Å². The molecule has 0 amide bonds. The van der Waals surface area contributed by atoms with Crippen LogP contribution < -0.4 is 0 Å². The van der Waals surface area contributed by atoms with E-state index < -0.39 is 0 Å². The van der Waals surface area contributed by atoms with Crippen molar-refractivity contribution in [2.75, 3.05) is 0 Å². The molecule has 11 rings (SSSR count). The Labute approximate surface area is 278 Å². The van der Waals surface area contributed by atoms with Gasteiger partial charge < -0.3 is 4.42 Å². The van der Waals surface area contributed by atoms with Gasteiger partial charge in [0.2, 0.25) is 0 Å². The Morgan fingerprint density at radius 1 is 0.426 bits per heavy atom. The smallest absolute Gasteiger partial charge is 0.143 e. The Bertz CT molecular complexity index is 2180. The van der Waals surface area contributed by atoms with E-state index in [1.165, 1.54) is 108 Å². The number of fused-ring (bicyclic) bond motifs is 11. The molecule has 0 saturated heterocycles. The van der Waals surface area contributed by atoms with Crippen molar-refractivity contribution >= 4 is 32.7 Å². The van der Waals surface area contributed by atoms with Crippen LogP contribution in [0.5, 0.6) is 0 Å². The van der Waals surface area contributed by atoms with Crippen LogP contribution in [0, 0.1) is 35.5 Å². The van der Waals surface area contributed by atoms with Crippen LogP contribution in [-0.4, -0.2) is 0 Å². The van der Waals surface area contributed by atoms with Crippen molar-refractivity contribution in [3.8, 4) is 22.3 Å². The molecule has 234 valence electrons. The monoisotopic (exact) mass is 612 g/mol. The third-order valence-corrected chi connectivity index (χ3v) is 14.2.